The van der Waals surface area contributed by atoms with Gasteiger partial charge in [-0.1, -0.05) is 50.1 Å². The van der Waals surface area contributed by atoms with Crippen molar-refractivity contribution in [1.29, 1.82) is 0 Å². The van der Waals surface area contributed by atoms with E-state index >= 15 is 0 Å². The van der Waals surface area contributed by atoms with E-state index in [0.717, 1.165) is 32.1 Å². The number of carbonyl (C=O) groups is 3. The van der Waals surface area contributed by atoms with E-state index in [-0.39, 0.29) is 30.3 Å². The lowest BCUT2D eigenvalue weighted by Gasteiger charge is -2.27. The summed E-state index contributed by atoms with van der Waals surface area (Å²) in [6.45, 7) is 2.08. The third kappa shape index (κ3) is 3.95. The summed E-state index contributed by atoms with van der Waals surface area (Å²) in [6, 6.07) is 15.6. The Morgan fingerprint density at radius 3 is 2.30 bits per heavy atom. The Hall–Kier alpha value is -3.15. The number of amides is 4. The number of carbonyl (C=O) groups excluding carboxylic acids is 3. The maximum Gasteiger partial charge on any atom is 0.332 e. The average molecular weight is 405 g/mol. The van der Waals surface area contributed by atoms with Gasteiger partial charge in [-0.3, -0.25) is 9.59 Å². The number of imide groups is 1. The second-order valence-electron chi connectivity index (χ2n) is 7.96. The van der Waals surface area contributed by atoms with Gasteiger partial charge < -0.3 is 10.2 Å². The Balaban J connectivity index is 1.54. The Bertz CT molecular complexity index is 920. The molecule has 2 fully saturated rings. The van der Waals surface area contributed by atoms with Crippen molar-refractivity contribution in [2.75, 3.05) is 10.2 Å². The minimum Gasteiger partial charge on any atom is -0.326 e. The predicted molar refractivity (Wildman–Crippen MR) is 116 cm³/mol. The fourth-order valence-corrected chi connectivity index (χ4v) is 4.42. The molecule has 6 nitrogen and oxygen atoms in total. The lowest BCUT2D eigenvalue weighted by molar-refractivity contribution is -0.124. The topological polar surface area (TPSA) is 69.7 Å². The van der Waals surface area contributed by atoms with Crippen LogP contribution in [-0.4, -0.2) is 34.8 Å². The Labute approximate surface area is 176 Å². The van der Waals surface area contributed by atoms with Gasteiger partial charge in [-0.15, -0.1) is 0 Å². The number of para-hydroxylation sites is 1. The molecule has 1 saturated carbocycles. The number of hydrogen-bond acceptors (Lipinski definition) is 3. The quantitative estimate of drug-likeness (QED) is 0.726. The highest BCUT2D eigenvalue weighted by molar-refractivity contribution is 6.22. The zero-order chi connectivity index (χ0) is 21.1. The van der Waals surface area contributed by atoms with Crippen LogP contribution >= 0.6 is 0 Å². The molecule has 2 aromatic carbocycles. The van der Waals surface area contributed by atoms with Gasteiger partial charge in [-0.05, 0) is 49.1 Å². The summed E-state index contributed by atoms with van der Waals surface area (Å²) in [6.07, 6.45) is 4.71. The van der Waals surface area contributed by atoms with Crippen molar-refractivity contribution in [2.45, 2.75) is 57.5 Å². The van der Waals surface area contributed by atoms with E-state index < -0.39 is 6.04 Å². The third-order valence-corrected chi connectivity index (χ3v) is 6.01. The lowest BCUT2D eigenvalue weighted by Crippen LogP contribution is -2.43. The fraction of sp³-hybridized carbons (Fsp3) is 0.375. The zero-order valence-electron chi connectivity index (χ0n) is 17.2. The SMILES string of the molecule is CCc1ccc(NC(=O)C[C@H]2C(=O)N(c3ccccc3)C(=O)N2C2CCCC2)cc1. The molecule has 6 heteroatoms. The van der Waals surface area contributed by atoms with Gasteiger partial charge in [0, 0.05) is 11.7 Å². The van der Waals surface area contributed by atoms with E-state index in [0.29, 0.717) is 11.4 Å². The highest BCUT2D eigenvalue weighted by Crippen LogP contribution is 2.34. The molecule has 0 unspecified atom stereocenters. The van der Waals surface area contributed by atoms with E-state index in [4.69, 9.17) is 0 Å². The number of nitrogens with one attached hydrogen (secondary N) is 1. The van der Waals surface area contributed by atoms with Crippen LogP contribution in [0.2, 0.25) is 0 Å². The molecule has 0 bridgehead atoms. The van der Waals surface area contributed by atoms with Gasteiger partial charge in [0.1, 0.15) is 6.04 Å². The zero-order valence-corrected chi connectivity index (χ0v) is 17.2. The van der Waals surface area contributed by atoms with Crippen molar-refractivity contribution in [3.05, 3.63) is 60.2 Å². The van der Waals surface area contributed by atoms with E-state index in [2.05, 4.69) is 12.2 Å². The molecule has 0 radical (unpaired) electrons. The molecule has 4 amide bonds. The first-order valence-corrected chi connectivity index (χ1v) is 10.7. The molecule has 0 aromatic heterocycles. The monoisotopic (exact) mass is 405 g/mol. The van der Waals surface area contributed by atoms with Gasteiger partial charge in [-0.2, -0.15) is 0 Å². The molecule has 1 aliphatic heterocycles. The van der Waals surface area contributed by atoms with Crippen molar-refractivity contribution < 1.29 is 14.4 Å². The molecular weight excluding hydrogens is 378 g/mol. The van der Waals surface area contributed by atoms with Gasteiger partial charge in [0.05, 0.1) is 12.1 Å². The van der Waals surface area contributed by atoms with Gasteiger partial charge in [0.15, 0.2) is 0 Å². The van der Waals surface area contributed by atoms with Crippen LogP contribution in [-0.2, 0) is 16.0 Å². The summed E-state index contributed by atoms with van der Waals surface area (Å²) in [4.78, 5) is 42.1. The first-order chi connectivity index (χ1) is 14.6. The minimum atomic E-state index is -0.768. The van der Waals surface area contributed by atoms with E-state index in [1.807, 2.05) is 30.3 Å². The van der Waals surface area contributed by atoms with E-state index in [9.17, 15) is 14.4 Å². The maximum atomic E-state index is 13.2. The first kappa shape index (κ1) is 20.1. The minimum absolute atomic E-state index is 0.0109. The molecule has 30 heavy (non-hydrogen) atoms. The molecule has 1 atom stereocenters. The van der Waals surface area contributed by atoms with Crippen LogP contribution in [0, 0.1) is 0 Å². The van der Waals surface area contributed by atoms with E-state index in [1.54, 1.807) is 29.2 Å². The van der Waals surface area contributed by atoms with Crippen LogP contribution in [0.4, 0.5) is 16.2 Å². The Morgan fingerprint density at radius 1 is 1.00 bits per heavy atom. The summed E-state index contributed by atoms with van der Waals surface area (Å²) >= 11 is 0. The molecule has 1 saturated heterocycles. The molecule has 2 aromatic rings. The molecule has 1 aliphatic carbocycles. The summed E-state index contributed by atoms with van der Waals surface area (Å²) in [5, 5.41) is 2.87. The number of nitrogens with zero attached hydrogens (tertiary/aromatic N) is 2. The highest BCUT2D eigenvalue weighted by Gasteiger charge is 2.49. The number of aryl methyl sites for hydroxylation is 1. The Morgan fingerprint density at radius 2 is 1.67 bits per heavy atom. The number of hydrogen-bond donors (Lipinski definition) is 1. The lowest BCUT2D eigenvalue weighted by atomic mass is 10.1. The standard InChI is InChI=1S/C24H27N3O3/c1-2-17-12-14-18(15-13-17)25-22(28)16-21-23(29)27(20-8-4-3-5-9-20)24(30)26(21)19-10-6-7-11-19/h3-5,8-9,12-15,19,21H,2,6-7,10-11,16H2,1H3,(H,25,28)/t21-/m0/s1. The smallest absolute Gasteiger partial charge is 0.326 e. The summed E-state index contributed by atoms with van der Waals surface area (Å²) in [5.41, 5.74) is 2.44. The van der Waals surface area contributed by atoms with Crippen LogP contribution in [0.1, 0.15) is 44.6 Å². The fourth-order valence-electron chi connectivity index (χ4n) is 4.42. The predicted octanol–water partition coefficient (Wildman–Crippen LogP) is 4.36. The van der Waals surface area contributed by atoms with E-state index in [1.165, 1.54) is 10.5 Å². The van der Waals surface area contributed by atoms with Crippen molar-refractivity contribution in [3.8, 4) is 0 Å². The van der Waals surface area contributed by atoms with Gasteiger partial charge in [0.25, 0.3) is 5.91 Å². The normalized spacial score (nSPS) is 19.6. The summed E-state index contributed by atoms with van der Waals surface area (Å²) in [7, 11) is 0. The van der Waals surface area contributed by atoms with Gasteiger partial charge in [0.2, 0.25) is 5.91 Å². The van der Waals surface area contributed by atoms with Gasteiger partial charge in [-0.25, -0.2) is 9.69 Å². The third-order valence-electron chi connectivity index (χ3n) is 6.01. The molecule has 2 aliphatic rings. The largest absolute Gasteiger partial charge is 0.332 e. The van der Waals surface area contributed by atoms with Crippen LogP contribution in [0.15, 0.2) is 54.6 Å². The number of rotatable bonds is 6. The first-order valence-electron chi connectivity index (χ1n) is 10.7. The van der Waals surface area contributed by atoms with Crippen molar-refractivity contribution in [2.24, 2.45) is 0 Å². The molecule has 1 heterocycles. The molecule has 1 N–H and O–H groups in total. The van der Waals surface area contributed by atoms with Crippen LogP contribution in [0.25, 0.3) is 0 Å². The average Bonchev–Trinajstić information content (AvgIpc) is 3.36. The second-order valence-corrected chi connectivity index (χ2v) is 7.96. The van der Waals surface area contributed by atoms with Crippen molar-refractivity contribution in [1.82, 2.24) is 4.90 Å². The summed E-state index contributed by atoms with van der Waals surface area (Å²) in [5.74, 6) is -0.585. The summed E-state index contributed by atoms with van der Waals surface area (Å²) < 4.78 is 0. The maximum absolute atomic E-state index is 13.2. The van der Waals surface area contributed by atoms with Crippen LogP contribution in [0.5, 0.6) is 0 Å². The second kappa shape index (κ2) is 8.69. The molecular formula is C24H27N3O3. The number of anilines is 2. The van der Waals surface area contributed by atoms with Crippen LogP contribution in [0.3, 0.4) is 0 Å². The van der Waals surface area contributed by atoms with Gasteiger partial charge >= 0.3 is 6.03 Å². The highest BCUT2D eigenvalue weighted by atomic mass is 16.2. The van der Waals surface area contributed by atoms with Crippen LogP contribution < -0.4 is 10.2 Å². The Kier molecular flexibility index (Phi) is 5.84. The molecule has 0 spiro atoms. The van der Waals surface area contributed by atoms with Crippen molar-refractivity contribution in [3.63, 3.8) is 0 Å². The number of benzene rings is 2. The van der Waals surface area contributed by atoms with Crippen molar-refractivity contribution >= 4 is 29.2 Å². The molecule has 156 valence electrons. The number of urea groups is 1. The molecule has 4 rings (SSSR count).